The highest BCUT2D eigenvalue weighted by atomic mass is 32.1. The van der Waals surface area contributed by atoms with Gasteiger partial charge in [0.2, 0.25) is 5.91 Å². The molecule has 1 aliphatic carbocycles. The number of carbonyl (C=O) groups is 1. The lowest BCUT2D eigenvalue weighted by atomic mass is 10.1. The zero-order valence-electron chi connectivity index (χ0n) is 11.1. The first-order valence-corrected chi connectivity index (χ1v) is 6.94. The molecule has 0 aromatic heterocycles. The van der Waals surface area contributed by atoms with Crippen molar-refractivity contribution in [1.82, 2.24) is 4.90 Å². The van der Waals surface area contributed by atoms with Crippen LogP contribution in [-0.4, -0.2) is 28.4 Å². The number of amides is 1. The van der Waals surface area contributed by atoms with Crippen LogP contribution in [0.15, 0.2) is 0 Å². The Morgan fingerprint density at radius 2 is 1.88 bits per heavy atom. The van der Waals surface area contributed by atoms with Crippen LogP contribution in [0.3, 0.4) is 0 Å². The molecular formula is C13H24N2OS. The molecule has 1 saturated carbocycles. The monoisotopic (exact) mass is 256 g/mol. The van der Waals surface area contributed by atoms with E-state index >= 15 is 0 Å². The highest BCUT2D eigenvalue weighted by molar-refractivity contribution is 7.80. The molecule has 0 spiro atoms. The molecule has 3 nitrogen and oxygen atoms in total. The summed E-state index contributed by atoms with van der Waals surface area (Å²) >= 11 is 4.93. The van der Waals surface area contributed by atoms with Crippen LogP contribution in [0.25, 0.3) is 0 Å². The Morgan fingerprint density at radius 1 is 1.35 bits per heavy atom. The number of hydrogen-bond donors (Lipinski definition) is 1. The molecule has 0 heterocycles. The van der Waals surface area contributed by atoms with Crippen molar-refractivity contribution in [1.29, 1.82) is 0 Å². The van der Waals surface area contributed by atoms with Gasteiger partial charge in [0.25, 0.3) is 0 Å². The Hall–Kier alpha value is -0.640. The van der Waals surface area contributed by atoms with Crippen LogP contribution in [0.2, 0.25) is 0 Å². The Balaban J connectivity index is 2.74. The first-order valence-electron chi connectivity index (χ1n) is 6.53. The van der Waals surface area contributed by atoms with Gasteiger partial charge in [-0.05, 0) is 25.7 Å². The fourth-order valence-electron chi connectivity index (χ4n) is 2.40. The van der Waals surface area contributed by atoms with Gasteiger partial charge in [-0.15, -0.1) is 0 Å². The second kappa shape index (κ2) is 6.34. The zero-order valence-corrected chi connectivity index (χ0v) is 11.9. The van der Waals surface area contributed by atoms with Crippen LogP contribution in [0, 0.1) is 11.8 Å². The van der Waals surface area contributed by atoms with Gasteiger partial charge in [-0.1, -0.05) is 38.9 Å². The van der Waals surface area contributed by atoms with Crippen LogP contribution in [0.5, 0.6) is 0 Å². The van der Waals surface area contributed by atoms with E-state index in [-0.39, 0.29) is 11.8 Å². The molecule has 0 radical (unpaired) electrons. The van der Waals surface area contributed by atoms with Gasteiger partial charge in [0.05, 0.1) is 10.9 Å². The van der Waals surface area contributed by atoms with Gasteiger partial charge in [0.15, 0.2) is 0 Å². The van der Waals surface area contributed by atoms with Crippen LogP contribution in [-0.2, 0) is 4.79 Å². The fourth-order valence-corrected chi connectivity index (χ4v) is 2.50. The first kappa shape index (κ1) is 14.4. The maximum Gasteiger partial charge on any atom is 0.232 e. The number of hydrogen-bond acceptors (Lipinski definition) is 2. The SMILES string of the molecule is CC(C)CN(C(=O)C(C)C(N)=S)C1CCCC1. The van der Waals surface area contributed by atoms with Crippen molar-refractivity contribution in [3.63, 3.8) is 0 Å². The third-order valence-electron chi connectivity index (χ3n) is 3.41. The zero-order chi connectivity index (χ0) is 13.0. The van der Waals surface area contributed by atoms with E-state index < -0.39 is 0 Å². The molecule has 1 amide bonds. The van der Waals surface area contributed by atoms with Gasteiger partial charge < -0.3 is 10.6 Å². The third kappa shape index (κ3) is 3.95. The fraction of sp³-hybridized carbons (Fsp3) is 0.846. The predicted molar refractivity (Wildman–Crippen MR) is 74.8 cm³/mol. The molecule has 0 bridgehead atoms. The number of thiocarbonyl (C=S) groups is 1. The lowest BCUT2D eigenvalue weighted by Gasteiger charge is -2.32. The summed E-state index contributed by atoms with van der Waals surface area (Å²) in [5.74, 6) is 0.264. The van der Waals surface area contributed by atoms with E-state index in [2.05, 4.69) is 13.8 Å². The molecule has 1 aliphatic rings. The Bertz CT molecular complexity index is 285. The Labute approximate surface area is 110 Å². The molecule has 0 aromatic rings. The van der Waals surface area contributed by atoms with E-state index in [0.717, 1.165) is 19.4 Å². The lowest BCUT2D eigenvalue weighted by molar-refractivity contribution is -0.135. The average molecular weight is 256 g/mol. The van der Waals surface area contributed by atoms with Crippen LogP contribution in [0.4, 0.5) is 0 Å². The van der Waals surface area contributed by atoms with Crippen LogP contribution >= 0.6 is 12.2 Å². The van der Waals surface area contributed by atoms with Crippen molar-refractivity contribution in [2.75, 3.05) is 6.54 Å². The highest BCUT2D eigenvalue weighted by Crippen LogP contribution is 2.25. The van der Waals surface area contributed by atoms with Crippen molar-refractivity contribution >= 4 is 23.1 Å². The summed E-state index contributed by atoms with van der Waals surface area (Å²) in [6.45, 7) is 6.91. The second-order valence-electron chi connectivity index (χ2n) is 5.45. The minimum Gasteiger partial charge on any atom is -0.393 e. The van der Waals surface area contributed by atoms with Gasteiger partial charge in [-0.3, -0.25) is 4.79 Å². The third-order valence-corrected chi connectivity index (χ3v) is 3.76. The average Bonchev–Trinajstić information content (AvgIpc) is 2.76. The molecular weight excluding hydrogens is 232 g/mol. The number of rotatable bonds is 5. The minimum atomic E-state index is -0.329. The predicted octanol–water partition coefficient (Wildman–Crippen LogP) is 2.34. The number of nitrogens with two attached hydrogens (primary N) is 1. The lowest BCUT2D eigenvalue weighted by Crippen LogP contribution is -2.46. The number of carbonyl (C=O) groups excluding carboxylic acids is 1. The molecule has 0 saturated heterocycles. The van der Waals surface area contributed by atoms with E-state index in [9.17, 15) is 4.79 Å². The summed E-state index contributed by atoms with van der Waals surface area (Å²) < 4.78 is 0. The minimum absolute atomic E-state index is 0.109. The van der Waals surface area contributed by atoms with E-state index in [1.54, 1.807) is 0 Å². The van der Waals surface area contributed by atoms with Crippen molar-refractivity contribution in [3.05, 3.63) is 0 Å². The van der Waals surface area contributed by atoms with E-state index in [1.165, 1.54) is 12.8 Å². The second-order valence-corrected chi connectivity index (χ2v) is 5.92. The van der Waals surface area contributed by atoms with Crippen molar-refractivity contribution in [3.8, 4) is 0 Å². The van der Waals surface area contributed by atoms with Crippen molar-refractivity contribution in [2.45, 2.75) is 52.5 Å². The van der Waals surface area contributed by atoms with Crippen molar-refractivity contribution in [2.24, 2.45) is 17.6 Å². The summed E-state index contributed by atoms with van der Waals surface area (Å²) in [6.07, 6.45) is 4.72. The molecule has 0 aromatic carbocycles. The molecule has 2 N–H and O–H groups in total. The summed E-state index contributed by atoms with van der Waals surface area (Å²) in [7, 11) is 0. The quantitative estimate of drug-likeness (QED) is 0.768. The van der Waals surface area contributed by atoms with E-state index in [4.69, 9.17) is 18.0 Å². The molecule has 1 fully saturated rings. The Morgan fingerprint density at radius 3 is 2.29 bits per heavy atom. The van der Waals surface area contributed by atoms with E-state index in [1.807, 2.05) is 11.8 Å². The summed E-state index contributed by atoms with van der Waals surface area (Å²) in [4.78, 5) is 14.7. The van der Waals surface area contributed by atoms with Crippen LogP contribution < -0.4 is 5.73 Å². The smallest absolute Gasteiger partial charge is 0.232 e. The van der Waals surface area contributed by atoms with Gasteiger partial charge in [-0.25, -0.2) is 0 Å². The normalized spacial score (nSPS) is 18.4. The maximum atomic E-state index is 12.4. The topological polar surface area (TPSA) is 46.3 Å². The summed E-state index contributed by atoms with van der Waals surface area (Å²) in [5.41, 5.74) is 5.59. The van der Waals surface area contributed by atoms with Gasteiger partial charge in [-0.2, -0.15) is 0 Å². The molecule has 1 rings (SSSR count). The van der Waals surface area contributed by atoms with E-state index in [0.29, 0.717) is 16.9 Å². The molecule has 17 heavy (non-hydrogen) atoms. The number of nitrogens with zero attached hydrogens (tertiary/aromatic N) is 1. The largest absolute Gasteiger partial charge is 0.393 e. The molecule has 1 atom stereocenters. The molecule has 4 heteroatoms. The van der Waals surface area contributed by atoms with Crippen molar-refractivity contribution < 1.29 is 4.79 Å². The maximum absolute atomic E-state index is 12.4. The van der Waals surface area contributed by atoms with Gasteiger partial charge in [0, 0.05) is 12.6 Å². The summed E-state index contributed by atoms with van der Waals surface area (Å²) in [5, 5.41) is 0. The summed E-state index contributed by atoms with van der Waals surface area (Å²) in [6, 6.07) is 0.404. The van der Waals surface area contributed by atoms with Crippen LogP contribution in [0.1, 0.15) is 46.5 Å². The molecule has 0 aliphatic heterocycles. The first-order chi connectivity index (χ1) is 7.93. The highest BCUT2D eigenvalue weighted by Gasteiger charge is 2.30. The Kier molecular flexibility index (Phi) is 5.37. The standard InChI is InChI=1S/C13H24N2OS/c1-9(2)8-15(11-6-4-5-7-11)13(16)10(3)12(14)17/h9-11H,4-8H2,1-3H3,(H2,14,17). The van der Waals surface area contributed by atoms with Gasteiger partial charge >= 0.3 is 0 Å². The van der Waals surface area contributed by atoms with Gasteiger partial charge in [0.1, 0.15) is 0 Å². The molecule has 98 valence electrons. The molecule has 1 unspecified atom stereocenters.